The van der Waals surface area contributed by atoms with E-state index in [4.69, 9.17) is 0 Å². The predicted molar refractivity (Wildman–Crippen MR) is 95.4 cm³/mol. The van der Waals surface area contributed by atoms with E-state index in [1.54, 1.807) is 22.7 Å². The molecule has 3 nitrogen and oxygen atoms in total. The van der Waals surface area contributed by atoms with Gasteiger partial charge in [0.25, 0.3) is 0 Å². The third-order valence-electron chi connectivity index (χ3n) is 4.41. The number of Topliss-reactive ketones (excluding diaryl/α,β-unsaturated/α-hetero) is 1. The summed E-state index contributed by atoms with van der Waals surface area (Å²) in [5, 5.41) is 4.18. The third kappa shape index (κ3) is 3.56. The topological polar surface area (TPSA) is 37.4 Å². The zero-order chi connectivity index (χ0) is 16.4. The lowest BCUT2D eigenvalue weighted by Crippen LogP contribution is -2.30. The Balaban J connectivity index is 1.61. The second-order valence-corrected chi connectivity index (χ2v) is 8.29. The molecule has 0 N–H and O–H groups in total. The fraction of sp³-hybridized carbons (Fsp3) is 0.444. The number of hydrogen-bond acceptors (Lipinski definition) is 4. The highest BCUT2D eigenvalue weighted by atomic mass is 32.1. The van der Waals surface area contributed by atoms with E-state index in [-0.39, 0.29) is 17.7 Å². The number of amides is 1. The largest absolute Gasteiger partial charge is 0.336 e. The molecule has 0 bridgehead atoms. The van der Waals surface area contributed by atoms with Crippen molar-refractivity contribution in [2.45, 2.75) is 45.6 Å². The highest BCUT2D eigenvalue weighted by Gasteiger charge is 2.30. The number of carbonyl (C=O) groups is 2. The van der Waals surface area contributed by atoms with Gasteiger partial charge in [0.1, 0.15) is 0 Å². The first-order valence-electron chi connectivity index (χ1n) is 7.98. The van der Waals surface area contributed by atoms with Gasteiger partial charge < -0.3 is 4.90 Å². The van der Waals surface area contributed by atoms with Crippen LogP contribution in [0.3, 0.4) is 0 Å². The fourth-order valence-electron chi connectivity index (χ4n) is 3.28. The minimum atomic E-state index is 0.0893. The second kappa shape index (κ2) is 6.97. The lowest BCUT2D eigenvalue weighted by atomic mass is 10.1. The van der Waals surface area contributed by atoms with Gasteiger partial charge >= 0.3 is 0 Å². The predicted octanol–water partition coefficient (Wildman–Crippen LogP) is 4.75. The Morgan fingerprint density at radius 1 is 1.30 bits per heavy atom. The minimum absolute atomic E-state index is 0.0893. The molecule has 3 rings (SSSR count). The minimum Gasteiger partial charge on any atom is -0.336 e. The molecule has 0 saturated carbocycles. The van der Waals surface area contributed by atoms with Crippen LogP contribution in [0.1, 0.15) is 57.4 Å². The van der Waals surface area contributed by atoms with Crippen LogP contribution in [-0.4, -0.2) is 23.1 Å². The molecule has 1 atom stereocenters. The third-order valence-corrected chi connectivity index (χ3v) is 6.08. The molecule has 2 aromatic heterocycles. The first-order chi connectivity index (χ1) is 11.1. The van der Waals surface area contributed by atoms with Gasteiger partial charge in [-0.15, -0.1) is 11.3 Å². The molecule has 0 radical (unpaired) electrons. The zero-order valence-electron chi connectivity index (χ0n) is 13.5. The number of likely N-dealkylation sites (tertiary alicyclic amines) is 1. The molecule has 0 aliphatic carbocycles. The highest BCUT2D eigenvalue weighted by Crippen LogP contribution is 2.33. The Bertz CT molecular complexity index is 703. The molecule has 3 heterocycles. The number of ketones is 1. The molecule has 0 spiro atoms. The van der Waals surface area contributed by atoms with Gasteiger partial charge in [-0.2, -0.15) is 11.3 Å². The van der Waals surface area contributed by atoms with E-state index in [0.29, 0.717) is 12.8 Å². The molecule has 5 heteroatoms. The van der Waals surface area contributed by atoms with Gasteiger partial charge in [0.2, 0.25) is 5.91 Å². The molecule has 1 aliphatic rings. The van der Waals surface area contributed by atoms with Gasteiger partial charge in [0.15, 0.2) is 5.78 Å². The molecule has 1 fully saturated rings. The summed E-state index contributed by atoms with van der Waals surface area (Å²) < 4.78 is 0. The van der Waals surface area contributed by atoms with Gasteiger partial charge in [-0.1, -0.05) is 0 Å². The van der Waals surface area contributed by atoms with E-state index in [1.807, 2.05) is 24.8 Å². The van der Waals surface area contributed by atoms with Crippen LogP contribution in [0.2, 0.25) is 0 Å². The van der Waals surface area contributed by atoms with E-state index in [9.17, 15) is 9.59 Å². The SMILES string of the molecule is Cc1cc(C(=O)CCC(=O)N2CCCC2c2ccsc2)c(C)s1. The molecule has 1 saturated heterocycles. The number of hydrogen-bond donors (Lipinski definition) is 0. The quantitative estimate of drug-likeness (QED) is 0.732. The van der Waals surface area contributed by atoms with Crippen LogP contribution in [0, 0.1) is 13.8 Å². The summed E-state index contributed by atoms with van der Waals surface area (Å²) in [4.78, 5) is 29.1. The van der Waals surface area contributed by atoms with Crippen molar-refractivity contribution in [1.29, 1.82) is 0 Å². The number of aryl methyl sites for hydroxylation is 2. The van der Waals surface area contributed by atoms with Crippen molar-refractivity contribution in [3.05, 3.63) is 43.8 Å². The maximum absolute atomic E-state index is 12.6. The van der Waals surface area contributed by atoms with Gasteiger partial charge in [0.05, 0.1) is 6.04 Å². The molecule has 2 aromatic rings. The van der Waals surface area contributed by atoms with Crippen LogP contribution in [0.15, 0.2) is 22.9 Å². The maximum atomic E-state index is 12.6. The zero-order valence-corrected chi connectivity index (χ0v) is 15.1. The summed E-state index contributed by atoms with van der Waals surface area (Å²) >= 11 is 3.31. The van der Waals surface area contributed by atoms with E-state index in [0.717, 1.165) is 34.7 Å². The molecule has 1 amide bonds. The van der Waals surface area contributed by atoms with Crippen LogP contribution in [-0.2, 0) is 4.79 Å². The monoisotopic (exact) mass is 347 g/mol. The van der Waals surface area contributed by atoms with Crippen molar-refractivity contribution in [3.8, 4) is 0 Å². The van der Waals surface area contributed by atoms with Crippen molar-refractivity contribution in [3.63, 3.8) is 0 Å². The summed E-state index contributed by atoms with van der Waals surface area (Å²) in [6.07, 6.45) is 2.69. The Morgan fingerprint density at radius 2 is 2.13 bits per heavy atom. The van der Waals surface area contributed by atoms with Crippen molar-refractivity contribution in [2.24, 2.45) is 0 Å². The maximum Gasteiger partial charge on any atom is 0.223 e. The van der Waals surface area contributed by atoms with E-state index in [1.165, 1.54) is 5.56 Å². The Labute approximate surface area is 144 Å². The Morgan fingerprint density at radius 3 is 2.78 bits per heavy atom. The smallest absolute Gasteiger partial charge is 0.223 e. The Hall–Kier alpha value is -1.46. The average molecular weight is 348 g/mol. The molecular formula is C18H21NO2S2. The second-order valence-electron chi connectivity index (χ2n) is 6.05. The highest BCUT2D eigenvalue weighted by molar-refractivity contribution is 7.12. The standard InChI is InChI=1S/C18H21NO2S2/c1-12-10-15(13(2)23-12)17(20)5-6-18(21)19-8-3-4-16(19)14-7-9-22-11-14/h7,9-11,16H,3-6,8H2,1-2H3. The summed E-state index contributed by atoms with van der Waals surface area (Å²) in [6.45, 7) is 4.79. The van der Waals surface area contributed by atoms with Crippen molar-refractivity contribution < 1.29 is 9.59 Å². The fourth-order valence-corrected chi connectivity index (χ4v) is 4.93. The first kappa shape index (κ1) is 16.4. The van der Waals surface area contributed by atoms with Crippen molar-refractivity contribution >= 4 is 34.4 Å². The normalized spacial score (nSPS) is 17.7. The number of carbonyl (C=O) groups excluding carboxylic acids is 2. The van der Waals surface area contributed by atoms with E-state index >= 15 is 0 Å². The summed E-state index contributed by atoms with van der Waals surface area (Å²) in [7, 11) is 0. The van der Waals surface area contributed by atoms with Crippen LogP contribution in [0.4, 0.5) is 0 Å². The van der Waals surface area contributed by atoms with Gasteiger partial charge in [0, 0.05) is 34.7 Å². The van der Waals surface area contributed by atoms with Crippen molar-refractivity contribution in [2.75, 3.05) is 6.54 Å². The van der Waals surface area contributed by atoms with E-state index in [2.05, 4.69) is 16.8 Å². The summed E-state index contributed by atoms with van der Waals surface area (Å²) in [6, 6.07) is 4.24. The van der Waals surface area contributed by atoms with Crippen LogP contribution in [0.25, 0.3) is 0 Å². The Kier molecular flexibility index (Phi) is 4.97. The van der Waals surface area contributed by atoms with Crippen molar-refractivity contribution in [1.82, 2.24) is 4.90 Å². The average Bonchev–Trinajstić information content (AvgIpc) is 3.23. The van der Waals surface area contributed by atoms with Gasteiger partial charge in [-0.25, -0.2) is 0 Å². The van der Waals surface area contributed by atoms with Gasteiger partial charge in [-0.3, -0.25) is 9.59 Å². The van der Waals surface area contributed by atoms with Crippen LogP contribution < -0.4 is 0 Å². The molecule has 122 valence electrons. The lowest BCUT2D eigenvalue weighted by Gasteiger charge is -2.24. The molecular weight excluding hydrogens is 326 g/mol. The molecule has 0 aromatic carbocycles. The first-order valence-corrected chi connectivity index (χ1v) is 9.74. The van der Waals surface area contributed by atoms with Crippen LogP contribution in [0.5, 0.6) is 0 Å². The summed E-state index contributed by atoms with van der Waals surface area (Å²) in [5.74, 6) is 0.197. The number of nitrogens with zero attached hydrogens (tertiary/aromatic N) is 1. The van der Waals surface area contributed by atoms with Gasteiger partial charge in [-0.05, 0) is 55.1 Å². The molecule has 1 unspecified atom stereocenters. The molecule has 1 aliphatic heterocycles. The molecule has 23 heavy (non-hydrogen) atoms. The number of thiophene rings is 2. The number of rotatable bonds is 5. The van der Waals surface area contributed by atoms with Crippen LogP contribution >= 0.6 is 22.7 Å². The summed E-state index contributed by atoms with van der Waals surface area (Å²) in [5.41, 5.74) is 2.02. The van der Waals surface area contributed by atoms with E-state index < -0.39 is 0 Å². The lowest BCUT2D eigenvalue weighted by molar-refractivity contribution is -0.132.